The van der Waals surface area contributed by atoms with Crippen LogP contribution in [0.3, 0.4) is 0 Å². The standard InChI is InChI=1S/C20H28N4O2.HI/c1-4-17-16(18(5-2)26-24-17)13-23-20(21-3)22-10-8-14-6-7-19-15(12-14)9-11-25-19;/h6-7,12H,4-5,8-11,13H2,1-3H3,(H2,21,22,23);1H. The van der Waals surface area contributed by atoms with Crippen LogP contribution in [-0.2, 0) is 32.2 Å². The van der Waals surface area contributed by atoms with Crippen molar-refractivity contribution in [3.8, 4) is 5.75 Å². The van der Waals surface area contributed by atoms with E-state index in [4.69, 9.17) is 9.26 Å². The van der Waals surface area contributed by atoms with E-state index in [0.29, 0.717) is 6.54 Å². The smallest absolute Gasteiger partial charge is 0.191 e. The van der Waals surface area contributed by atoms with Gasteiger partial charge in [-0.25, -0.2) is 0 Å². The van der Waals surface area contributed by atoms with Crippen LogP contribution in [0.15, 0.2) is 27.7 Å². The second-order valence-electron chi connectivity index (χ2n) is 6.38. The molecule has 6 nitrogen and oxygen atoms in total. The van der Waals surface area contributed by atoms with Crippen LogP contribution in [-0.4, -0.2) is 31.3 Å². The predicted molar refractivity (Wildman–Crippen MR) is 118 cm³/mol. The minimum absolute atomic E-state index is 0. The minimum Gasteiger partial charge on any atom is -0.493 e. The average molecular weight is 484 g/mol. The number of rotatable bonds is 7. The molecule has 0 atom stereocenters. The van der Waals surface area contributed by atoms with E-state index in [0.717, 1.165) is 67.6 Å². The molecule has 0 saturated carbocycles. The third-order valence-electron chi connectivity index (χ3n) is 4.72. The van der Waals surface area contributed by atoms with Crippen molar-refractivity contribution >= 4 is 29.9 Å². The molecule has 0 radical (unpaired) electrons. The van der Waals surface area contributed by atoms with Crippen LogP contribution in [0, 0.1) is 0 Å². The van der Waals surface area contributed by atoms with Gasteiger partial charge in [-0.3, -0.25) is 4.99 Å². The quantitative estimate of drug-likeness (QED) is 0.359. The number of nitrogens with zero attached hydrogens (tertiary/aromatic N) is 2. The van der Waals surface area contributed by atoms with Gasteiger partial charge in [0.1, 0.15) is 11.5 Å². The van der Waals surface area contributed by atoms with E-state index in [-0.39, 0.29) is 24.0 Å². The lowest BCUT2D eigenvalue weighted by atomic mass is 10.1. The molecule has 1 aromatic heterocycles. The van der Waals surface area contributed by atoms with Gasteiger partial charge in [0, 0.05) is 38.5 Å². The minimum atomic E-state index is 0. The van der Waals surface area contributed by atoms with Crippen LogP contribution in [0.25, 0.3) is 0 Å². The van der Waals surface area contributed by atoms with Gasteiger partial charge in [-0.1, -0.05) is 31.1 Å². The first-order valence-electron chi connectivity index (χ1n) is 9.40. The van der Waals surface area contributed by atoms with Gasteiger partial charge in [0.25, 0.3) is 0 Å². The molecule has 1 aromatic carbocycles. The predicted octanol–water partition coefficient (Wildman–Crippen LogP) is 3.26. The first-order chi connectivity index (χ1) is 12.7. The Morgan fingerprint density at radius 2 is 2.07 bits per heavy atom. The maximum atomic E-state index is 5.56. The normalized spacial score (nSPS) is 12.9. The maximum absolute atomic E-state index is 5.56. The van der Waals surface area contributed by atoms with E-state index in [1.165, 1.54) is 11.1 Å². The fourth-order valence-electron chi connectivity index (χ4n) is 3.25. The zero-order valence-electron chi connectivity index (χ0n) is 16.3. The molecule has 27 heavy (non-hydrogen) atoms. The highest BCUT2D eigenvalue weighted by Gasteiger charge is 2.14. The van der Waals surface area contributed by atoms with Gasteiger partial charge in [0.2, 0.25) is 0 Å². The molecule has 0 fully saturated rings. The van der Waals surface area contributed by atoms with E-state index in [1.807, 2.05) is 0 Å². The summed E-state index contributed by atoms with van der Waals surface area (Å²) in [6.45, 7) is 6.47. The number of hydrogen-bond acceptors (Lipinski definition) is 4. The second kappa shape index (κ2) is 10.5. The largest absolute Gasteiger partial charge is 0.493 e. The van der Waals surface area contributed by atoms with Crippen LogP contribution in [0.2, 0.25) is 0 Å². The lowest BCUT2D eigenvalue weighted by Gasteiger charge is -2.12. The second-order valence-corrected chi connectivity index (χ2v) is 6.38. The third kappa shape index (κ3) is 5.37. The number of hydrogen-bond donors (Lipinski definition) is 2. The Kier molecular flexibility index (Phi) is 8.40. The molecule has 0 amide bonds. The highest BCUT2D eigenvalue weighted by atomic mass is 127. The molecule has 1 aliphatic heterocycles. The first kappa shape index (κ1) is 21.5. The molecule has 0 saturated heterocycles. The fourth-order valence-corrected chi connectivity index (χ4v) is 3.25. The van der Waals surface area contributed by atoms with Gasteiger partial charge in [-0.15, -0.1) is 24.0 Å². The molecule has 7 heteroatoms. The summed E-state index contributed by atoms with van der Waals surface area (Å²) in [6.07, 6.45) is 3.67. The summed E-state index contributed by atoms with van der Waals surface area (Å²) in [5.41, 5.74) is 4.80. The SMILES string of the molecule is CCc1noc(CC)c1CNC(=NC)NCCc1ccc2c(c1)CCO2.I. The number of aryl methyl sites for hydroxylation is 2. The highest BCUT2D eigenvalue weighted by Crippen LogP contribution is 2.25. The number of aromatic nitrogens is 1. The Morgan fingerprint density at radius 3 is 2.81 bits per heavy atom. The number of halogens is 1. The maximum Gasteiger partial charge on any atom is 0.191 e. The summed E-state index contributed by atoms with van der Waals surface area (Å²) in [7, 11) is 1.79. The molecule has 0 spiro atoms. The zero-order valence-corrected chi connectivity index (χ0v) is 18.6. The van der Waals surface area contributed by atoms with Gasteiger partial charge in [0.15, 0.2) is 5.96 Å². The molecule has 0 bridgehead atoms. The van der Waals surface area contributed by atoms with E-state index >= 15 is 0 Å². The Bertz CT molecular complexity index is 752. The number of nitrogens with one attached hydrogen (secondary N) is 2. The Labute approximate surface area is 178 Å². The summed E-state index contributed by atoms with van der Waals surface area (Å²) >= 11 is 0. The van der Waals surface area contributed by atoms with Crippen molar-refractivity contribution in [3.05, 3.63) is 46.3 Å². The average Bonchev–Trinajstić information content (AvgIpc) is 3.29. The van der Waals surface area contributed by atoms with Crippen molar-refractivity contribution in [1.82, 2.24) is 15.8 Å². The highest BCUT2D eigenvalue weighted by molar-refractivity contribution is 14.0. The molecule has 2 heterocycles. The lowest BCUT2D eigenvalue weighted by Crippen LogP contribution is -2.38. The molecular weight excluding hydrogens is 455 g/mol. The number of fused-ring (bicyclic) bond motifs is 1. The molecular formula is C20H29IN4O2. The van der Waals surface area contributed by atoms with E-state index in [9.17, 15) is 0 Å². The number of guanidine groups is 1. The summed E-state index contributed by atoms with van der Waals surface area (Å²) in [5, 5.41) is 10.9. The Balaban J connectivity index is 0.00000261. The zero-order chi connectivity index (χ0) is 18.4. The number of aliphatic imine (C=N–C) groups is 1. The number of benzene rings is 1. The third-order valence-corrected chi connectivity index (χ3v) is 4.72. The van der Waals surface area contributed by atoms with Gasteiger partial charge >= 0.3 is 0 Å². The molecule has 148 valence electrons. The molecule has 3 rings (SSSR count). The van der Waals surface area contributed by atoms with Crippen LogP contribution in [0.1, 0.15) is 42.0 Å². The lowest BCUT2D eigenvalue weighted by molar-refractivity contribution is 0.357. The van der Waals surface area contributed by atoms with Crippen LogP contribution in [0.4, 0.5) is 0 Å². The summed E-state index contributed by atoms with van der Waals surface area (Å²) < 4.78 is 11.0. The van der Waals surface area contributed by atoms with Gasteiger partial charge in [-0.05, 0) is 30.0 Å². The molecule has 1 aliphatic rings. The van der Waals surface area contributed by atoms with E-state index in [1.54, 1.807) is 7.05 Å². The van der Waals surface area contributed by atoms with Crippen molar-refractivity contribution in [1.29, 1.82) is 0 Å². The molecule has 2 aromatic rings. The fraction of sp³-hybridized carbons (Fsp3) is 0.500. The topological polar surface area (TPSA) is 71.7 Å². The van der Waals surface area contributed by atoms with E-state index in [2.05, 4.69) is 52.8 Å². The van der Waals surface area contributed by atoms with Crippen LogP contribution < -0.4 is 15.4 Å². The number of ether oxygens (including phenoxy) is 1. The van der Waals surface area contributed by atoms with Crippen molar-refractivity contribution in [3.63, 3.8) is 0 Å². The van der Waals surface area contributed by atoms with Crippen molar-refractivity contribution in [2.45, 2.75) is 46.1 Å². The summed E-state index contributed by atoms with van der Waals surface area (Å²) in [6, 6.07) is 6.47. The Morgan fingerprint density at radius 1 is 1.22 bits per heavy atom. The van der Waals surface area contributed by atoms with Crippen molar-refractivity contribution in [2.24, 2.45) is 4.99 Å². The Hall–Kier alpha value is -1.77. The summed E-state index contributed by atoms with van der Waals surface area (Å²) in [4.78, 5) is 4.31. The van der Waals surface area contributed by atoms with Gasteiger partial charge < -0.3 is 19.9 Å². The monoisotopic (exact) mass is 484 g/mol. The van der Waals surface area contributed by atoms with E-state index < -0.39 is 0 Å². The molecule has 0 unspecified atom stereocenters. The van der Waals surface area contributed by atoms with Crippen LogP contribution in [0.5, 0.6) is 5.75 Å². The van der Waals surface area contributed by atoms with Gasteiger partial charge in [0.05, 0.1) is 12.3 Å². The van der Waals surface area contributed by atoms with Crippen molar-refractivity contribution in [2.75, 3.05) is 20.2 Å². The molecule has 2 N–H and O–H groups in total. The first-order valence-corrected chi connectivity index (χ1v) is 9.40. The van der Waals surface area contributed by atoms with Crippen molar-refractivity contribution < 1.29 is 9.26 Å². The van der Waals surface area contributed by atoms with Gasteiger partial charge in [-0.2, -0.15) is 0 Å². The summed E-state index contributed by atoms with van der Waals surface area (Å²) in [5.74, 6) is 2.77. The van der Waals surface area contributed by atoms with Crippen LogP contribution >= 0.6 is 24.0 Å². The molecule has 0 aliphatic carbocycles.